The minimum Gasteiger partial charge on any atom is -0.271 e. The average Bonchev–Trinajstić information content (AvgIpc) is 1.95. The Kier molecular flexibility index (Phi) is 4.71. The van der Waals surface area contributed by atoms with Gasteiger partial charge in [-0.15, -0.1) is 11.8 Å². The van der Waals surface area contributed by atoms with Crippen molar-refractivity contribution in [3.8, 4) is 11.8 Å². The molecule has 0 fully saturated rings. The number of rotatable bonds is 3. The van der Waals surface area contributed by atoms with Crippen LogP contribution in [0.25, 0.3) is 0 Å². The van der Waals surface area contributed by atoms with Crippen molar-refractivity contribution in [3.05, 3.63) is 0 Å². The van der Waals surface area contributed by atoms with Crippen LogP contribution in [-0.2, 0) is 0 Å². The van der Waals surface area contributed by atoms with Gasteiger partial charge in [-0.25, -0.2) is 0 Å². The van der Waals surface area contributed by atoms with E-state index in [1.165, 1.54) is 0 Å². The van der Waals surface area contributed by atoms with Gasteiger partial charge in [0.25, 0.3) is 0 Å². The number of nitrogens with two attached hydrogens (primary N) is 1. The van der Waals surface area contributed by atoms with Crippen LogP contribution < -0.4 is 11.3 Å². The summed E-state index contributed by atoms with van der Waals surface area (Å²) < 4.78 is 35.3. The van der Waals surface area contributed by atoms with Crippen LogP contribution in [0.2, 0.25) is 0 Å². The number of hydrogen-bond donors (Lipinski definition) is 2. The zero-order valence-electron chi connectivity index (χ0n) is 6.70. The number of alkyl halides is 3. The van der Waals surface area contributed by atoms with Gasteiger partial charge in [-0.3, -0.25) is 11.3 Å². The maximum Gasteiger partial charge on any atom is 0.390 e. The molecule has 0 aromatic rings. The number of hydrazine groups is 1. The zero-order chi connectivity index (χ0) is 9.61. The minimum absolute atomic E-state index is 0.118. The van der Waals surface area contributed by atoms with E-state index in [0.29, 0.717) is 0 Å². The SMILES string of the molecule is CC#CCC(CC(F)(F)F)NN. The summed E-state index contributed by atoms with van der Waals surface area (Å²) in [4.78, 5) is 0. The molecule has 0 amide bonds. The molecule has 0 radical (unpaired) electrons. The number of nitrogens with one attached hydrogen (secondary N) is 1. The van der Waals surface area contributed by atoms with Gasteiger partial charge in [0.2, 0.25) is 0 Å². The van der Waals surface area contributed by atoms with Crippen LogP contribution in [0.4, 0.5) is 13.2 Å². The molecule has 2 nitrogen and oxygen atoms in total. The van der Waals surface area contributed by atoms with E-state index >= 15 is 0 Å². The van der Waals surface area contributed by atoms with E-state index in [4.69, 9.17) is 5.84 Å². The van der Waals surface area contributed by atoms with Gasteiger partial charge in [-0.1, -0.05) is 0 Å². The van der Waals surface area contributed by atoms with Crippen molar-refractivity contribution in [2.24, 2.45) is 5.84 Å². The van der Waals surface area contributed by atoms with Crippen molar-refractivity contribution >= 4 is 0 Å². The monoisotopic (exact) mass is 180 g/mol. The zero-order valence-corrected chi connectivity index (χ0v) is 6.70. The highest BCUT2D eigenvalue weighted by molar-refractivity contribution is 4.98. The van der Waals surface area contributed by atoms with Crippen molar-refractivity contribution in [2.75, 3.05) is 0 Å². The van der Waals surface area contributed by atoms with E-state index in [9.17, 15) is 13.2 Å². The normalized spacial score (nSPS) is 13.4. The first-order chi connectivity index (χ1) is 5.49. The first-order valence-electron chi connectivity index (χ1n) is 3.42. The summed E-state index contributed by atoms with van der Waals surface area (Å²) in [5.41, 5.74) is 2.07. The molecule has 0 aromatic carbocycles. The van der Waals surface area contributed by atoms with E-state index in [0.717, 1.165) is 0 Å². The van der Waals surface area contributed by atoms with E-state index in [1.54, 1.807) is 6.92 Å². The molecule has 0 bridgehead atoms. The summed E-state index contributed by atoms with van der Waals surface area (Å²) in [5.74, 6) is 9.94. The summed E-state index contributed by atoms with van der Waals surface area (Å²) in [6, 6.07) is -0.808. The van der Waals surface area contributed by atoms with Crippen molar-refractivity contribution in [2.45, 2.75) is 32.0 Å². The van der Waals surface area contributed by atoms with Crippen LogP contribution in [0.5, 0.6) is 0 Å². The molecule has 70 valence electrons. The van der Waals surface area contributed by atoms with Gasteiger partial charge in [-0.05, 0) is 6.92 Å². The lowest BCUT2D eigenvalue weighted by Gasteiger charge is -2.14. The van der Waals surface area contributed by atoms with Crippen molar-refractivity contribution in [3.63, 3.8) is 0 Å². The maximum atomic E-state index is 11.8. The molecule has 0 saturated heterocycles. The second-order valence-electron chi connectivity index (χ2n) is 2.31. The quantitative estimate of drug-likeness (QED) is 0.389. The largest absolute Gasteiger partial charge is 0.390 e. The highest BCUT2D eigenvalue weighted by Crippen LogP contribution is 2.22. The van der Waals surface area contributed by atoms with Gasteiger partial charge in [0, 0.05) is 12.5 Å². The standard InChI is InChI=1S/C7H11F3N2/c1-2-3-4-6(12-11)5-7(8,9)10/h6,12H,4-5,11H2,1H3. The first kappa shape index (κ1) is 11.3. The molecule has 12 heavy (non-hydrogen) atoms. The Morgan fingerprint density at radius 1 is 1.50 bits per heavy atom. The second-order valence-corrected chi connectivity index (χ2v) is 2.31. The molecule has 0 aliphatic heterocycles. The predicted octanol–water partition coefficient (Wildman–Crippen LogP) is 1.18. The molecule has 0 heterocycles. The molecular weight excluding hydrogens is 169 g/mol. The molecule has 0 aliphatic rings. The highest BCUT2D eigenvalue weighted by Gasteiger charge is 2.30. The molecule has 0 aliphatic carbocycles. The van der Waals surface area contributed by atoms with Crippen LogP contribution in [-0.4, -0.2) is 12.2 Å². The molecule has 0 spiro atoms. The fourth-order valence-corrected chi connectivity index (χ4v) is 0.695. The molecule has 0 aromatic heterocycles. The maximum absolute atomic E-state index is 11.8. The van der Waals surface area contributed by atoms with Crippen molar-refractivity contribution in [1.29, 1.82) is 0 Å². The van der Waals surface area contributed by atoms with E-state index in [2.05, 4.69) is 17.3 Å². The Labute approximate surface area is 69.3 Å². The lowest BCUT2D eigenvalue weighted by atomic mass is 10.1. The second kappa shape index (κ2) is 5.01. The Morgan fingerprint density at radius 3 is 2.42 bits per heavy atom. The molecular formula is C7H11F3N2. The fraction of sp³-hybridized carbons (Fsp3) is 0.714. The van der Waals surface area contributed by atoms with E-state index in [1.807, 2.05) is 0 Å². The summed E-state index contributed by atoms with van der Waals surface area (Å²) in [6.07, 6.45) is -5.02. The van der Waals surface area contributed by atoms with Crippen molar-refractivity contribution < 1.29 is 13.2 Å². The van der Waals surface area contributed by atoms with Gasteiger partial charge in [0.05, 0.1) is 6.42 Å². The highest BCUT2D eigenvalue weighted by atomic mass is 19.4. The molecule has 1 unspecified atom stereocenters. The number of hydrogen-bond acceptors (Lipinski definition) is 2. The van der Waals surface area contributed by atoms with Crippen LogP contribution in [0.15, 0.2) is 0 Å². The summed E-state index contributed by atoms with van der Waals surface area (Å²) >= 11 is 0. The van der Waals surface area contributed by atoms with Crippen molar-refractivity contribution in [1.82, 2.24) is 5.43 Å². The number of halogens is 3. The van der Waals surface area contributed by atoms with Gasteiger partial charge >= 0.3 is 6.18 Å². The summed E-state index contributed by atoms with van der Waals surface area (Å²) in [7, 11) is 0. The average molecular weight is 180 g/mol. The predicted molar refractivity (Wildman–Crippen MR) is 39.9 cm³/mol. The topological polar surface area (TPSA) is 38.0 Å². The fourth-order valence-electron chi connectivity index (χ4n) is 0.695. The Morgan fingerprint density at radius 2 is 2.08 bits per heavy atom. The third-order valence-corrected chi connectivity index (χ3v) is 1.24. The Hall–Kier alpha value is -0.730. The van der Waals surface area contributed by atoms with Crippen LogP contribution in [0.1, 0.15) is 19.8 Å². The smallest absolute Gasteiger partial charge is 0.271 e. The third-order valence-electron chi connectivity index (χ3n) is 1.24. The van der Waals surface area contributed by atoms with Crippen LogP contribution in [0.3, 0.4) is 0 Å². The Balaban J connectivity index is 3.88. The van der Waals surface area contributed by atoms with E-state index < -0.39 is 18.6 Å². The van der Waals surface area contributed by atoms with Gasteiger partial charge < -0.3 is 0 Å². The van der Waals surface area contributed by atoms with Gasteiger partial charge in [0.1, 0.15) is 0 Å². The third kappa shape index (κ3) is 6.01. The lowest BCUT2D eigenvalue weighted by Crippen LogP contribution is -2.38. The summed E-state index contributed by atoms with van der Waals surface area (Å²) in [5, 5.41) is 0. The molecule has 5 heteroatoms. The minimum atomic E-state index is -4.19. The lowest BCUT2D eigenvalue weighted by molar-refractivity contribution is -0.139. The first-order valence-corrected chi connectivity index (χ1v) is 3.42. The van der Waals surface area contributed by atoms with Crippen LogP contribution in [0, 0.1) is 11.8 Å². The van der Waals surface area contributed by atoms with Gasteiger partial charge in [-0.2, -0.15) is 13.2 Å². The Bertz CT molecular complexity index is 177. The van der Waals surface area contributed by atoms with Gasteiger partial charge in [0.15, 0.2) is 0 Å². The molecule has 1 atom stereocenters. The van der Waals surface area contributed by atoms with Crippen LogP contribution >= 0.6 is 0 Å². The summed E-state index contributed by atoms with van der Waals surface area (Å²) in [6.45, 7) is 1.57. The molecule has 3 N–H and O–H groups in total. The van der Waals surface area contributed by atoms with E-state index in [-0.39, 0.29) is 6.42 Å². The molecule has 0 rings (SSSR count). The molecule has 0 saturated carbocycles.